The van der Waals surface area contributed by atoms with Crippen molar-refractivity contribution in [3.63, 3.8) is 0 Å². The number of nitrogens with one attached hydrogen (secondary N) is 8. The van der Waals surface area contributed by atoms with Gasteiger partial charge in [0.15, 0.2) is 0 Å². The number of carboxylic acids is 1. The highest BCUT2D eigenvalue weighted by Crippen LogP contribution is 2.12. The first kappa shape index (κ1) is 60.6. The van der Waals surface area contributed by atoms with Gasteiger partial charge in [0.2, 0.25) is 47.3 Å². The smallest absolute Gasteiger partial charge is 0.326 e. The molecule has 22 heteroatoms. The van der Waals surface area contributed by atoms with Crippen LogP contribution in [0.5, 0.6) is 0 Å². The van der Waals surface area contributed by atoms with E-state index in [-0.39, 0.29) is 50.5 Å². The maximum atomic E-state index is 13.8. The number of benzene rings is 2. The van der Waals surface area contributed by atoms with E-state index >= 15 is 0 Å². The summed E-state index contributed by atoms with van der Waals surface area (Å²) < 4.78 is 0. The van der Waals surface area contributed by atoms with Gasteiger partial charge in [0.05, 0.1) is 19.8 Å². The number of nitrogens with two attached hydrogens (primary N) is 2. The molecule has 8 amide bonds. The molecule has 8 atom stereocenters. The highest BCUT2D eigenvalue weighted by atomic mass is 16.4. The summed E-state index contributed by atoms with van der Waals surface area (Å²) >= 11 is 0. The minimum atomic E-state index is -1.66. The molecular weight excluding hydrogens is 921 g/mol. The van der Waals surface area contributed by atoms with Crippen molar-refractivity contribution >= 4 is 53.2 Å². The summed E-state index contributed by atoms with van der Waals surface area (Å²) in [6.07, 6.45) is 0.878. The monoisotopic (exact) mass is 997 g/mol. The molecule has 15 N–H and O–H groups in total. The number of carboxylic acid groups (broad SMARTS) is 1. The van der Waals surface area contributed by atoms with Crippen LogP contribution in [0.2, 0.25) is 0 Å². The summed E-state index contributed by atoms with van der Waals surface area (Å²) in [4.78, 5) is 120. The second-order valence-corrected chi connectivity index (χ2v) is 18.5. The highest BCUT2D eigenvalue weighted by molar-refractivity contribution is 5.98. The van der Waals surface area contributed by atoms with E-state index in [1.54, 1.807) is 102 Å². The van der Waals surface area contributed by atoms with Crippen molar-refractivity contribution in [3.05, 3.63) is 71.8 Å². The van der Waals surface area contributed by atoms with Gasteiger partial charge in [-0.3, -0.25) is 38.4 Å². The molecule has 2 rings (SSSR count). The van der Waals surface area contributed by atoms with Crippen LogP contribution >= 0.6 is 0 Å². The Morgan fingerprint density at radius 3 is 1.25 bits per heavy atom. The van der Waals surface area contributed by atoms with E-state index in [9.17, 15) is 58.5 Å². The topological polar surface area (TPSA) is 363 Å². The van der Waals surface area contributed by atoms with E-state index in [1.807, 2.05) is 0 Å². The highest BCUT2D eigenvalue weighted by Gasteiger charge is 2.35. The van der Waals surface area contributed by atoms with Gasteiger partial charge in [-0.05, 0) is 67.5 Å². The Hall–Kier alpha value is -6.49. The van der Waals surface area contributed by atoms with Gasteiger partial charge in [-0.1, -0.05) is 102 Å². The van der Waals surface area contributed by atoms with Gasteiger partial charge < -0.3 is 69.3 Å². The zero-order valence-corrected chi connectivity index (χ0v) is 41.6. The zero-order chi connectivity index (χ0) is 53.2. The molecule has 2 aromatic rings. The summed E-state index contributed by atoms with van der Waals surface area (Å²) in [5.41, 5.74) is 12.6. The Balaban J connectivity index is 2.25. The fraction of sp³-hybridized carbons (Fsp3) is 0.571. The summed E-state index contributed by atoms with van der Waals surface area (Å²) in [6.45, 7) is 8.38. The van der Waals surface area contributed by atoms with Crippen molar-refractivity contribution in [2.75, 3.05) is 26.3 Å². The van der Waals surface area contributed by atoms with Crippen LogP contribution in [0.15, 0.2) is 60.7 Å². The van der Waals surface area contributed by atoms with Gasteiger partial charge >= 0.3 is 5.97 Å². The number of hydrogen-bond acceptors (Lipinski definition) is 13. The van der Waals surface area contributed by atoms with Crippen molar-refractivity contribution in [1.82, 2.24) is 42.5 Å². The zero-order valence-electron chi connectivity index (χ0n) is 41.6. The van der Waals surface area contributed by atoms with Crippen LogP contribution in [0.1, 0.15) is 84.8 Å². The number of carbonyl (C=O) groups excluding carboxylic acids is 8. The van der Waals surface area contributed by atoms with Gasteiger partial charge in [-0.25, -0.2) is 4.79 Å². The van der Waals surface area contributed by atoms with Crippen LogP contribution in [0.3, 0.4) is 0 Å². The van der Waals surface area contributed by atoms with Crippen molar-refractivity contribution in [3.8, 4) is 0 Å². The lowest BCUT2D eigenvalue weighted by Crippen LogP contribution is -2.61. The van der Waals surface area contributed by atoms with Crippen LogP contribution in [-0.2, 0) is 56.0 Å². The molecule has 0 spiro atoms. The molecule has 2 aromatic carbocycles. The summed E-state index contributed by atoms with van der Waals surface area (Å²) in [6, 6.07) is 6.60. The Morgan fingerprint density at radius 2 is 0.845 bits per heavy atom. The number of aliphatic hydroxyl groups is 2. The summed E-state index contributed by atoms with van der Waals surface area (Å²) in [7, 11) is 0. The van der Waals surface area contributed by atoms with E-state index in [4.69, 9.17) is 11.5 Å². The third kappa shape index (κ3) is 22.0. The van der Waals surface area contributed by atoms with Crippen LogP contribution in [-0.4, -0.2) is 143 Å². The van der Waals surface area contributed by atoms with Gasteiger partial charge in [0.25, 0.3) is 0 Å². The fourth-order valence-corrected chi connectivity index (χ4v) is 7.33. The van der Waals surface area contributed by atoms with Crippen molar-refractivity contribution < 1.29 is 58.5 Å². The number of unbranched alkanes of at least 4 members (excludes halogenated alkanes) is 1. The SMILES string of the molecule is CC(C)CC(NC(=O)C(Cc1ccccc1)NC(=O)CN)C(=O)NC(CO)C(=O)NC(CCCCN)C(=O)NC(CO)C(=O)NC(CC(C)C)C(=O)NC(C(=O)NC(Cc1ccccc1)C(=O)O)C(C)C. The quantitative estimate of drug-likeness (QED) is 0.0362. The van der Waals surface area contributed by atoms with Gasteiger partial charge in [0, 0.05) is 12.8 Å². The van der Waals surface area contributed by atoms with Gasteiger partial charge in [0.1, 0.15) is 48.3 Å². The number of carbonyl (C=O) groups is 9. The number of aliphatic hydroxyl groups excluding tert-OH is 2. The first-order valence-corrected chi connectivity index (χ1v) is 24.0. The maximum absolute atomic E-state index is 13.8. The third-order valence-electron chi connectivity index (χ3n) is 11.2. The Bertz CT molecular complexity index is 2040. The van der Waals surface area contributed by atoms with Crippen molar-refractivity contribution in [2.24, 2.45) is 29.2 Å². The Labute approximate surface area is 415 Å². The predicted molar refractivity (Wildman–Crippen MR) is 263 cm³/mol. The van der Waals surface area contributed by atoms with Crippen molar-refractivity contribution in [2.45, 2.75) is 135 Å². The van der Waals surface area contributed by atoms with Crippen LogP contribution < -0.4 is 54.0 Å². The molecule has 0 fully saturated rings. The molecule has 22 nitrogen and oxygen atoms in total. The molecule has 0 heterocycles. The minimum absolute atomic E-state index is 0.0201. The molecule has 0 aliphatic carbocycles. The van der Waals surface area contributed by atoms with E-state index in [0.29, 0.717) is 24.0 Å². The van der Waals surface area contributed by atoms with E-state index in [1.165, 1.54) is 0 Å². The number of rotatable bonds is 32. The van der Waals surface area contributed by atoms with Crippen LogP contribution in [0.4, 0.5) is 0 Å². The van der Waals surface area contributed by atoms with Crippen LogP contribution in [0, 0.1) is 17.8 Å². The first-order valence-electron chi connectivity index (χ1n) is 24.0. The molecule has 0 saturated heterocycles. The summed E-state index contributed by atoms with van der Waals surface area (Å²) in [5, 5.41) is 50.7. The third-order valence-corrected chi connectivity index (χ3v) is 11.2. The molecule has 8 unspecified atom stereocenters. The first-order chi connectivity index (χ1) is 33.6. The normalized spacial score (nSPS) is 14.6. The van der Waals surface area contributed by atoms with E-state index in [0.717, 1.165) is 0 Å². The lowest BCUT2D eigenvalue weighted by Gasteiger charge is -2.28. The number of amides is 8. The largest absolute Gasteiger partial charge is 0.480 e. The molecule has 0 aromatic heterocycles. The van der Waals surface area contributed by atoms with E-state index < -0.39 is 127 Å². The van der Waals surface area contributed by atoms with Crippen molar-refractivity contribution in [1.29, 1.82) is 0 Å². The molecule has 0 aliphatic rings. The lowest BCUT2D eigenvalue weighted by atomic mass is 9.99. The second kappa shape index (κ2) is 31.7. The fourth-order valence-electron chi connectivity index (χ4n) is 7.33. The molecular formula is C49H76N10O12. The second-order valence-electron chi connectivity index (χ2n) is 18.5. The predicted octanol–water partition coefficient (Wildman–Crippen LogP) is -1.74. The molecule has 394 valence electrons. The van der Waals surface area contributed by atoms with E-state index in [2.05, 4.69) is 42.5 Å². The number of aliphatic carboxylic acids is 1. The minimum Gasteiger partial charge on any atom is -0.480 e. The molecule has 0 aliphatic heterocycles. The lowest BCUT2D eigenvalue weighted by molar-refractivity contribution is -0.142. The molecule has 71 heavy (non-hydrogen) atoms. The molecule has 0 saturated carbocycles. The average molecular weight is 997 g/mol. The van der Waals surface area contributed by atoms with Crippen LogP contribution in [0.25, 0.3) is 0 Å². The Morgan fingerprint density at radius 1 is 0.465 bits per heavy atom. The maximum Gasteiger partial charge on any atom is 0.326 e. The van der Waals surface area contributed by atoms with Gasteiger partial charge in [-0.15, -0.1) is 0 Å². The van der Waals surface area contributed by atoms with Gasteiger partial charge in [-0.2, -0.15) is 0 Å². The molecule has 0 radical (unpaired) electrons. The number of hydrogen-bond donors (Lipinski definition) is 13. The standard InChI is InChI=1S/C49H76N10O12/c1-28(2)21-34(54-44(65)36(52-40(62)25-51)23-31-15-9-7-10-16-31)43(64)58-38(26-60)46(67)53-33(19-13-14-20-50)42(63)57-39(27-61)47(68)55-35(22-29(3)4)45(66)59-41(30(5)6)48(69)56-37(49(70)71)24-32-17-11-8-12-18-32/h7-12,15-18,28-30,33-39,41,60-61H,13-14,19-27,50-51H2,1-6H3,(H,52,62)(H,53,67)(H,54,65)(H,55,68)(H,56,69)(H,57,63)(H,58,64)(H,59,66)(H,70,71). The Kier molecular flexibility index (Phi) is 27.1. The average Bonchev–Trinajstić information content (AvgIpc) is 3.32. The summed E-state index contributed by atoms with van der Waals surface area (Å²) in [5.74, 6) is -8.81. The molecule has 0 bridgehead atoms.